The molecule has 7 heteroatoms. The quantitative estimate of drug-likeness (QED) is 0.840. The summed E-state index contributed by atoms with van der Waals surface area (Å²) in [5.74, 6) is 1.46. The Labute approximate surface area is 150 Å². The number of aryl methyl sites for hydroxylation is 1. The van der Waals surface area contributed by atoms with E-state index in [1.54, 1.807) is 11.3 Å². The van der Waals surface area contributed by atoms with Gasteiger partial charge >= 0.3 is 0 Å². The molecule has 1 atom stereocenters. The highest BCUT2D eigenvalue weighted by atomic mass is 35.5. The maximum Gasteiger partial charge on any atom is 0.226 e. The largest absolute Gasteiger partial charge is 0.340 e. The van der Waals surface area contributed by atoms with Gasteiger partial charge in [0.05, 0.1) is 4.34 Å². The van der Waals surface area contributed by atoms with Crippen LogP contribution in [-0.4, -0.2) is 51.4 Å². The number of hydrogen-bond donors (Lipinski definition) is 0. The molecule has 2 aromatic rings. The molecule has 2 aromatic heterocycles. The molecule has 0 radical (unpaired) electrons. The highest BCUT2D eigenvalue weighted by molar-refractivity contribution is 7.16. The summed E-state index contributed by atoms with van der Waals surface area (Å²) in [7, 11) is 0. The number of aromatic nitrogens is 2. The van der Waals surface area contributed by atoms with Gasteiger partial charge in [-0.1, -0.05) is 11.6 Å². The average molecular weight is 365 g/mol. The molecule has 0 saturated carbocycles. The number of piperazine rings is 1. The molecule has 4 rings (SSSR count). The number of rotatable bonds is 3. The third-order valence-electron chi connectivity index (χ3n) is 4.99. The number of thiophene rings is 1. The van der Waals surface area contributed by atoms with Crippen molar-refractivity contribution in [3.8, 4) is 0 Å². The molecular weight excluding hydrogens is 344 g/mol. The van der Waals surface area contributed by atoms with Gasteiger partial charge in [-0.3, -0.25) is 9.69 Å². The molecule has 0 spiro atoms. The second kappa shape index (κ2) is 6.86. The third kappa shape index (κ3) is 3.36. The molecule has 1 amide bonds. The van der Waals surface area contributed by atoms with Gasteiger partial charge in [0.25, 0.3) is 0 Å². The zero-order valence-electron chi connectivity index (χ0n) is 13.5. The summed E-state index contributed by atoms with van der Waals surface area (Å²) in [4.78, 5) is 22.9. The Morgan fingerprint density at radius 1 is 1.25 bits per heavy atom. The van der Waals surface area contributed by atoms with Crippen molar-refractivity contribution >= 4 is 28.8 Å². The fourth-order valence-electron chi connectivity index (χ4n) is 3.60. The normalized spacial score (nSPS) is 21.7. The number of nitrogens with zero attached hydrogens (tertiary/aromatic N) is 4. The average Bonchev–Trinajstić information content (AvgIpc) is 3.23. The number of carbonyl (C=O) groups excluding carboxylic acids is 1. The van der Waals surface area contributed by atoms with Gasteiger partial charge in [0, 0.05) is 68.9 Å². The minimum Gasteiger partial charge on any atom is -0.340 e. The van der Waals surface area contributed by atoms with Gasteiger partial charge in [-0.05, 0) is 18.6 Å². The van der Waals surface area contributed by atoms with Crippen LogP contribution < -0.4 is 0 Å². The minimum absolute atomic E-state index is 0.0996. The van der Waals surface area contributed by atoms with Crippen LogP contribution in [0.5, 0.6) is 0 Å². The molecule has 0 aliphatic carbocycles. The van der Waals surface area contributed by atoms with Crippen LogP contribution >= 0.6 is 22.9 Å². The minimum atomic E-state index is 0.0996. The summed E-state index contributed by atoms with van der Waals surface area (Å²) in [5.41, 5.74) is 0. The van der Waals surface area contributed by atoms with Crippen LogP contribution in [0.3, 0.4) is 0 Å². The number of halogens is 1. The van der Waals surface area contributed by atoms with E-state index < -0.39 is 0 Å². The Balaban J connectivity index is 1.30. The Bertz CT molecular complexity index is 720. The van der Waals surface area contributed by atoms with Crippen LogP contribution in [0.4, 0.5) is 0 Å². The fraction of sp³-hybridized carbons (Fsp3) is 0.529. The van der Waals surface area contributed by atoms with E-state index >= 15 is 0 Å². The maximum absolute atomic E-state index is 12.8. The van der Waals surface area contributed by atoms with E-state index in [9.17, 15) is 4.79 Å². The van der Waals surface area contributed by atoms with Gasteiger partial charge in [0.1, 0.15) is 5.82 Å². The monoisotopic (exact) mass is 364 g/mol. The summed E-state index contributed by atoms with van der Waals surface area (Å²) >= 11 is 7.64. The molecule has 24 heavy (non-hydrogen) atoms. The maximum atomic E-state index is 12.8. The highest BCUT2D eigenvalue weighted by Gasteiger charge is 2.30. The molecule has 1 fully saturated rings. The van der Waals surface area contributed by atoms with Crippen molar-refractivity contribution in [1.29, 1.82) is 0 Å². The van der Waals surface area contributed by atoms with Crippen molar-refractivity contribution in [2.75, 3.05) is 26.2 Å². The van der Waals surface area contributed by atoms with Crippen LogP contribution in [-0.2, 0) is 24.3 Å². The first kappa shape index (κ1) is 16.1. The molecule has 0 aromatic carbocycles. The van der Waals surface area contributed by atoms with Gasteiger partial charge in [-0.25, -0.2) is 4.98 Å². The summed E-state index contributed by atoms with van der Waals surface area (Å²) in [6.07, 6.45) is 5.54. The zero-order valence-corrected chi connectivity index (χ0v) is 15.1. The lowest BCUT2D eigenvalue weighted by atomic mass is 9.96. The van der Waals surface area contributed by atoms with Gasteiger partial charge in [-0.2, -0.15) is 0 Å². The lowest BCUT2D eigenvalue weighted by molar-refractivity contribution is -0.138. The lowest BCUT2D eigenvalue weighted by Gasteiger charge is -2.37. The predicted molar refractivity (Wildman–Crippen MR) is 95.2 cm³/mol. The first-order valence-electron chi connectivity index (χ1n) is 8.44. The standard InChI is InChI=1S/C17H21ClN4OS/c18-15-2-1-14(24-15)12-20-7-9-22(10-8-20)17(23)13-3-5-21-6-4-19-16(21)11-13/h1-2,4,6,13H,3,5,7-12H2. The van der Waals surface area contributed by atoms with E-state index in [4.69, 9.17) is 11.6 Å². The topological polar surface area (TPSA) is 41.4 Å². The van der Waals surface area contributed by atoms with Gasteiger partial charge in [0.15, 0.2) is 0 Å². The van der Waals surface area contributed by atoms with Crippen LogP contribution in [0.15, 0.2) is 24.5 Å². The van der Waals surface area contributed by atoms with Gasteiger partial charge in [-0.15, -0.1) is 11.3 Å². The Kier molecular flexibility index (Phi) is 4.61. The number of amides is 1. The molecule has 4 heterocycles. The summed E-state index contributed by atoms with van der Waals surface area (Å²) in [6, 6.07) is 4.04. The second-order valence-electron chi connectivity index (χ2n) is 6.53. The van der Waals surface area contributed by atoms with Crippen molar-refractivity contribution in [3.63, 3.8) is 0 Å². The van der Waals surface area contributed by atoms with Crippen molar-refractivity contribution in [2.24, 2.45) is 5.92 Å². The van der Waals surface area contributed by atoms with E-state index in [1.165, 1.54) is 4.88 Å². The highest BCUT2D eigenvalue weighted by Crippen LogP contribution is 2.24. The number of carbonyl (C=O) groups is 1. The van der Waals surface area contributed by atoms with Crippen molar-refractivity contribution in [1.82, 2.24) is 19.4 Å². The Morgan fingerprint density at radius 3 is 2.83 bits per heavy atom. The van der Waals surface area contributed by atoms with E-state index in [0.29, 0.717) is 5.91 Å². The van der Waals surface area contributed by atoms with Crippen molar-refractivity contribution < 1.29 is 4.79 Å². The SMILES string of the molecule is O=C(C1CCn2ccnc2C1)N1CCN(Cc2ccc(Cl)s2)CC1. The Morgan fingerprint density at radius 2 is 2.08 bits per heavy atom. The first-order valence-corrected chi connectivity index (χ1v) is 9.64. The number of imidazole rings is 1. The molecule has 5 nitrogen and oxygen atoms in total. The molecule has 2 aliphatic heterocycles. The number of fused-ring (bicyclic) bond motifs is 1. The smallest absolute Gasteiger partial charge is 0.226 e. The van der Waals surface area contributed by atoms with Crippen molar-refractivity contribution in [3.05, 3.63) is 39.6 Å². The van der Waals surface area contributed by atoms with Gasteiger partial charge < -0.3 is 9.47 Å². The van der Waals surface area contributed by atoms with Crippen LogP contribution in [0, 0.1) is 5.92 Å². The first-order chi connectivity index (χ1) is 11.7. The lowest BCUT2D eigenvalue weighted by Crippen LogP contribution is -2.50. The van der Waals surface area contributed by atoms with Crippen LogP contribution in [0.1, 0.15) is 17.1 Å². The zero-order chi connectivity index (χ0) is 16.5. The summed E-state index contributed by atoms with van der Waals surface area (Å²) < 4.78 is 3.00. The second-order valence-corrected chi connectivity index (χ2v) is 8.33. The van der Waals surface area contributed by atoms with Crippen LogP contribution in [0.25, 0.3) is 0 Å². The predicted octanol–water partition coefficient (Wildman–Crippen LogP) is 2.50. The number of hydrogen-bond acceptors (Lipinski definition) is 4. The fourth-order valence-corrected chi connectivity index (χ4v) is 4.73. The molecule has 2 aliphatic rings. The molecular formula is C17H21ClN4OS. The molecule has 1 unspecified atom stereocenters. The third-order valence-corrected chi connectivity index (χ3v) is 6.21. The summed E-state index contributed by atoms with van der Waals surface area (Å²) in [5, 5.41) is 0. The van der Waals surface area contributed by atoms with E-state index in [1.807, 2.05) is 23.4 Å². The van der Waals surface area contributed by atoms with E-state index in [-0.39, 0.29) is 5.92 Å². The Hall–Kier alpha value is -1.37. The molecule has 0 bridgehead atoms. The van der Waals surface area contributed by atoms with Gasteiger partial charge in [0.2, 0.25) is 5.91 Å². The van der Waals surface area contributed by atoms with E-state index in [0.717, 1.165) is 62.3 Å². The van der Waals surface area contributed by atoms with Crippen LogP contribution in [0.2, 0.25) is 4.34 Å². The molecule has 0 N–H and O–H groups in total. The summed E-state index contributed by atoms with van der Waals surface area (Å²) in [6.45, 7) is 5.35. The molecule has 1 saturated heterocycles. The molecule has 128 valence electrons. The van der Waals surface area contributed by atoms with E-state index in [2.05, 4.69) is 20.5 Å². The van der Waals surface area contributed by atoms with Crippen molar-refractivity contribution in [2.45, 2.75) is 25.9 Å².